The Balaban J connectivity index is 0.00000162. The zero-order valence-corrected chi connectivity index (χ0v) is 13.2. The van der Waals surface area contributed by atoms with Crippen molar-refractivity contribution < 1.29 is 5.11 Å². The quantitative estimate of drug-likeness (QED) is 0.901. The molecule has 0 radical (unpaired) electrons. The first-order valence-corrected chi connectivity index (χ1v) is 6.46. The Bertz CT molecular complexity index is 382. The van der Waals surface area contributed by atoms with Crippen molar-refractivity contribution in [2.45, 2.75) is 26.3 Å². The van der Waals surface area contributed by atoms with Crippen molar-refractivity contribution in [2.75, 3.05) is 26.2 Å². The smallest absolute Gasteiger partial charge is 0.120 e. The van der Waals surface area contributed by atoms with E-state index in [9.17, 15) is 5.11 Å². The van der Waals surface area contributed by atoms with Gasteiger partial charge in [0.2, 0.25) is 0 Å². The number of piperazine rings is 1. The summed E-state index contributed by atoms with van der Waals surface area (Å²) in [4.78, 5) is 2.46. The molecule has 1 fully saturated rings. The Morgan fingerprint density at radius 2 is 1.89 bits per heavy atom. The van der Waals surface area contributed by atoms with Crippen LogP contribution in [0.25, 0.3) is 0 Å². The molecule has 1 heterocycles. The molecule has 0 amide bonds. The highest BCUT2D eigenvalue weighted by molar-refractivity contribution is 5.85. The van der Waals surface area contributed by atoms with Crippen LogP contribution >= 0.6 is 24.8 Å². The fraction of sp³-hybridized carbons (Fsp3) is 0.571. The number of halogens is 2. The third-order valence-corrected chi connectivity index (χ3v) is 3.52. The summed E-state index contributed by atoms with van der Waals surface area (Å²) in [6.45, 7) is 8.41. The maximum atomic E-state index is 10.1. The summed E-state index contributed by atoms with van der Waals surface area (Å²) in [6.07, 6.45) is 1.04. The second-order valence-corrected chi connectivity index (χ2v) is 4.77. The van der Waals surface area contributed by atoms with Crippen molar-refractivity contribution in [1.82, 2.24) is 10.2 Å². The van der Waals surface area contributed by atoms with E-state index in [0.29, 0.717) is 11.8 Å². The van der Waals surface area contributed by atoms with Gasteiger partial charge in [-0.25, -0.2) is 0 Å². The molecule has 1 aromatic carbocycles. The Labute approximate surface area is 128 Å². The molecule has 0 unspecified atom stereocenters. The number of phenolic OH excluding ortho intramolecular Hbond substituents is 1. The second kappa shape index (κ2) is 8.64. The van der Waals surface area contributed by atoms with Crippen molar-refractivity contribution in [3.63, 3.8) is 0 Å². The summed E-state index contributed by atoms with van der Waals surface area (Å²) in [7, 11) is 0. The van der Waals surface area contributed by atoms with E-state index in [1.165, 1.54) is 0 Å². The number of aromatic hydroxyl groups is 1. The fourth-order valence-electron chi connectivity index (χ4n) is 2.60. The highest BCUT2D eigenvalue weighted by Crippen LogP contribution is 2.31. The van der Waals surface area contributed by atoms with Gasteiger partial charge in [0.1, 0.15) is 5.75 Å². The molecule has 0 saturated carbocycles. The summed E-state index contributed by atoms with van der Waals surface area (Å²) in [5.74, 6) is 0.440. The molecule has 1 aromatic rings. The van der Waals surface area contributed by atoms with Crippen LogP contribution in [0, 0.1) is 6.92 Å². The van der Waals surface area contributed by atoms with Crippen LogP contribution in [0.4, 0.5) is 0 Å². The molecule has 5 heteroatoms. The highest BCUT2D eigenvalue weighted by atomic mass is 35.5. The van der Waals surface area contributed by atoms with Crippen LogP contribution in [0.2, 0.25) is 0 Å². The van der Waals surface area contributed by atoms with Crippen molar-refractivity contribution in [3.8, 4) is 5.75 Å². The highest BCUT2D eigenvalue weighted by Gasteiger charge is 2.22. The zero-order chi connectivity index (χ0) is 12.3. The Hall–Kier alpha value is -0.480. The number of hydrogen-bond acceptors (Lipinski definition) is 3. The predicted molar refractivity (Wildman–Crippen MR) is 84.8 cm³/mol. The van der Waals surface area contributed by atoms with Crippen LogP contribution in [0.5, 0.6) is 5.75 Å². The number of rotatable bonds is 3. The van der Waals surface area contributed by atoms with Crippen molar-refractivity contribution in [2.24, 2.45) is 0 Å². The monoisotopic (exact) mass is 306 g/mol. The summed E-state index contributed by atoms with van der Waals surface area (Å²) in [5, 5.41) is 13.4. The van der Waals surface area contributed by atoms with Gasteiger partial charge in [-0.3, -0.25) is 4.90 Å². The van der Waals surface area contributed by atoms with Crippen LogP contribution in [-0.2, 0) is 0 Å². The van der Waals surface area contributed by atoms with Crippen molar-refractivity contribution in [3.05, 3.63) is 29.3 Å². The number of nitrogens with one attached hydrogen (secondary N) is 1. The zero-order valence-electron chi connectivity index (χ0n) is 11.6. The van der Waals surface area contributed by atoms with Crippen LogP contribution in [0.15, 0.2) is 18.2 Å². The van der Waals surface area contributed by atoms with Crippen LogP contribution < -0.4 is 5.32 Å². The third kappa shape index (κ3) is 4.53. The minimum absolute atomic E-state index is 0. The first kappa shape index (κ1) is 18.5. The van der Waals surface area contributed by atoms with E-state index in [1.54, 1.807) is 0 Å². The third-order valence-electron chi connectivity index (χ3n) is 3.52. The molecule has 0 aromatic heterocycles. The van der Waals surface area contributed by atoms with Crippen LogP contribution in [-0.4, -0.2) is 36.2 Å². The van der Waals surface area contributed by atoms with Gasteiger partial charge in [-0.2, -0.15) is 0 Å². The molecule has 0 bridgehead atoms. The van der Waals surface area contributed by atoms with Gasteiger partial charge in [0, 0.05) is 37.8 Å². The van der Waals surface area contributed by atoms with E-state index < -0.39 is 0 Å². The molecule has 3 nitrogen and oxygen atoms in total. The van der Waals surface area contributed by atoms with Gasteiger partial charge >= 0.3 is 0 Å². The van der Waals surface area contributed by atoms with E-state index in [0.717, 1.165) is 43.7 Å². The number of nitrogens with zero attached hydrogens (tertiary/aromatic N) is 1. The normalized spacial score (nSPS) is 17.2. The van der Waals surface area contributed by atoms with Gasteiger partial charge in [-0.15, -0.1) is 24.8 Å². The molecule has 2 N–H and O–H groups in total. The summed E-state index contributed by atoms with van der Waals surface area (Å²) in [5.41, 5.74) is 2.18. The minimum atomic E-state index is 0. The summed E-state index contributed by atoms with van der Waals surface area (Å²) < 4.78 is 0. The number of aryl methyl sites for hydroxylation is 1. The largest absolute Gasteiger partial charge is 0.508 e. The van der Waals surface area contributed by atoms with E-state index in [4.69, 9.17) is 0 Å². The molecule has 19 heavy (non-hydrogen) atoms. The first-order valence-electron chi connectivity index (χ1n) is 6.46. The lowest BCUT2D eigenvalue weighted by atomic mass is 9.99. The Kier molecular flexibility index (Phi) is 8.42. The van der Waals surface area contributed by atoms with E-state index in [-0.39, 0.29) is 24.8 Å². The predicted octanol–water partition coefficient (Wildman–Crippen LogP) is 2.90. The molecule has 1 aliphatic heterocycles. The van der Waals surface area contributed by atoms with Crippen LogP contribution in [0.3, 0.4) is 0 Å². The molecule has 2 rings (SSSR count). The Morgan fingerprint density at radius 1 is 1.26 bits per heavy atom. The molecule has 1 atom stereocenters. The minimum Gasteiger partial charge on any atom is -0.508 e. The fourth-order valence-corrected chi connectivity index (χ4v) is 2.60. The van der Waals surface area contributed by atoms with Gasteiger partial charge in [0.05, 0.1) is 0 Å². The topological polar surface area (TPSA) is 35.5 Å². The molecule has 1 saturated heterocycles. The second-order valence-electron chi connectivity index (χ2n) is 4.77. The average Bonchev–Trinajstić information content (AvgIpc) is 2.34. The van der Waals surface area contributed by atoms with Crippen molar-refractivity contribution in [1.29, 1.82) is 0 Å². The first-order chi connectivity index (χ1) is 8.22. The van der Waals surface area contributed by atoms with Crippen LogP contribution in [0.1, 0.15) is 30.5 Å². The number of phenols is 1. The van der Waals surface area contributed by atoms with Gasteiger partial charge in [0.15, 0.2) is 0 Å². The molecule has 1 aliphatic rings. The molecular formula is C14H24Cl2N2O. The summed E-state index contributed by atoms with van der Waals surface area (Å²) in [6, 6.07) is 6.36. The van der Waals surface area contributed by atoms with E-state index in [1.807, 2.05) is 13.0 Å². The maximum absolute atomic E-state index is 10.1. The average molecular weight is 307 g/mol. The van der Waals surface area contributed by atoms with E-state index in [2.05, 4.69) is 29.3 Å². The number of benzene rings is 1. The molecule has 110 valence electrons. The maximum Gasteiger partial charge on any atom is 0.120 e. The lowest BCUT2D eigenvalue weighted by Gasteiger charge is -2.35. The van der Waals surface area contributed by atoms with Crippen molar-refractivity contribution >= 4 is 24.8 Å². The molecule has 0 aliphatic carbocycles. The lowest BCUT2D eigenvalue weighted by molar-refractivity contribution is 0.167. The van der Waals surface area contributed by atoms with Gasteiger partial charge in [-0.1, -0.05) is 19.1 Å². The van der Waals surface area contributed by atoms with Gasteiger partial charge < -0.3 is 10.4 Å². The molecular weight excluding hydrogens is 283 g/mol. The SMILES string of the molecule is CC[C@H](c1ccc(C)cc1O)N1CCNCC1.Cl.Cl. The van der Waals surface area contributed by atoms with Gasteiger partial charge in [0.25, 0.3) is 0 Å². The van der Waals surface area contributed by atoms with E-state index >= 15 is 0 Å². The van der Waals surface area contributed by atoms with Gasteiger partial charge in [-0.05, 0) is 25.0 Å². The standard InChI is InChI=1S/C14H22N2O.2ClH/c1-3-13(16-8-6-15-7-9-16)12-5-4-11(2)10-14(12)17;;/h4-5,10,13,15,17H,3,6-9H2,1-2H3;2*1H/t13-;;/m1../s1. The number of hydrogen-bond donors (Lipinski definition) is 2. The molecule has 0 spiro atoms. The summed E-state index contributed by atoms with van der Waals surface area (Å²) >= 11 is 0. The Morgan fingerprint density at radius 3 is 2.42 bits per heavy atom. The lowest BCUT2D eigenvalue weighted by Crippen LogP contribution is -2.45.